The van der Waals surface area contributed by atoms with Crippen molar-refractivity contribution in [3.05, 3.63) is 34.2 Å². The Hall–Kier alpha value is -1.99. The van der Waals surface area contributed by atoms with E-state index in [-0.39, 0.29) is 11.7 Å². The molecule has 0 saturated heterocycles. The number of benzene rings is 1. The van der Waals surface area contributed by atoms with Crippen molar-refractivity contribution in [3.8, 4) is 12.3 Å². The minimum Gasteiger partial charge on any atom is -0.309 e. The van der Waals surface area contributed by atoms with Gasteiger partial charge in [0.2, 0.25) is 0 Å². The lowest BCUT2D eigenvalue weighted by atomic mass is 10.1. The first-order valence-electron chi connectivity index (χ1n) is 5.59. The third kappa shape index (κ3) is 2.58. The maximum atomic E-state index is 11.1. The third-order valence-electron chi connectivity index (χ3n) is 2.76. The van der Waals surface area contributed by atoms with E-state index < -0.39 is 0 Å². The smallest absolute Gasteiger partial charge is 0.309 e. The Morgan fingerprint density at radius 2 is 2.18 bits per heavy atom. The normalized spacial score (nSPS) is 12.5. The van der Waals surface area contributed by atoms with E-state index in [4.69, 9.17) is 6.42 Å². The molecule has 0 aliphatic heterocycles. The standard InChI is InChI=1S/C13H15N3O/c1-3-4-7-14-9(2)10-5-6-11-12(8-10)16-13(17)15-11/h1,5-6,8-9,14H,4,7H2,2H3,(H2,15,16,17). The van der Waals surface area contributed by atoms with Crippen LogP contribution in [0.1, 0.15) is 24.9 Å². The Morgan fingerprint density at radius 1 is 1.41 bits per heavy atom. The van der Waals surface area contributed by atoms with Gasteiger partial charge in [-0.05, 0) is 24.6 Å². The molecule has 88 valence electrons. The second kappa shape index (κ2) is 4.89. The second-order valence-electron chi connectivity index (χ2n) is 4.01. The van der Waals surface area contributed by atoms with E-state index in [2.05, 4.69) is 28.1 Å². The number of aromatic nitrogens is 2. The van der Waals surface area contributed by atoms with Crippen molar-refractivity contribution in [2.45, 2.75) is 19.4 Å². The molecule has 3 N–H and O–H groups in total. The fourth-order valence-corrected chi connectivity index (χ4v) is 1.80. The minimum absolute atomic E-state index is 0.176. The van der Waals surface area contributed by atoms with E-state index >= 15 is 0 Å². The summed E-state index contributed by atoms with van der Waals surface area (Å²) in [7, 11) is 0. The van der Waals surface area contributed by atoms with Gasteiger partial charge in [-0.25, -0.2) is 4.79 Å². The van der Waals surface area contributed by atoms with Gasteiger partial charge in [0.1, 0.15) is 0 Å². The molecule has 0 bridgehead atoms. The van der Waals surface area contributed by atoms with Gasteiger partial charge in [-0.15, -0.1) is 12.3 Å². The highest BCUT2D eigenvalue weighted by Gasteiger charge is 2.06. The fourth-order valence-electron chi connectivity index (χ4n) is 1.80. The second-order valence-corrected chi connectivity index (χ2v) is 4.01. The number of hydrogen-bond donors (Lipinski definition) is 3. The van der Waals surface area contributed by atoms with Crippen molar-refractivity contribution in [1.82, 2.24) is 15.3 Å². The zero-order valence-electron chi connectivity index (χ0n) is 9.71. The Balaban J connectivity index is 2.18. The van der Waals surface area contributed by atoms with E-state index in [0.717, 1.165) is 23.1 Å². The number of H-pyrrole nitrogens is 2. The molecule has 2 rings (SSSR count). The fraction of sp³-hybridized carbons (Fsp3) is 0.308. The summed E-state index contributed by atoms with van der Waals surface area (Å²) in [6, 6.07) is 6.09. The lowest BCUT2D eigenvalue weighted by molar-refractivity contribution is 0.584. The summed E-state index contributed by atoms with van der Waals surface area (Å²) in [6.45, 7) is 2.86. The molecule has 4 nitrogen and oxygen atoms in total. The van der Waals surface area contributed by atoms with Gasteiger partial charge in [0.25, 0.3) is 0 Å². The molecule has 4 heteroatoms. The Kier molecular flexibility index (Phi) is 3.31. The van der Waals surface area contributed by atoms with Crippen molar-refractivity contribution >= 4 is 11.0 Å². The summed E-state index contributed by atoms with van der Waals surface area (Å²) in [5.41, 5.74) is 2.61. The molecule has 1 atom stereocenters. The molecule has 2 aromatic rings. The Bertz CT molecular complexity index is 603. The molecule has 0 fully saturated rings. The average Bonchev–Trinajstić information content (AvgIpc) is 2.68. The van der Waals surface area contributed by atoms with Crippen molar-refractivity contribution < 1.29 is 0 Å². The Morgan fingerprint density at radius 3 is 2.94 bits per heavy atom. The summed E-state index contributed by atoms with van der Waals surface area (Å²) in [5.74, 6) is 2.59. The maximum Gasteiger partial charge on any atom is 0.323 e. The van der Waals surface area contributed by atoms with E-state index in [0.29, 0.717) is 6.42 Å². The first-order chi connectivity index (χ1) is 8.20. The maximum absolute atomic E-state index is 11.1. The molecular weight excluding hydrogens is 214 g/mol. The minimum atomic E-state index is -0.176. The molecule has 0 amide bonds. The number of imidazole rings is 1. The van der Waals surface area contributed by atoms with E-state index in [1.165, 1.54) is 0 Å². The summed E-state index contributed by atoms with van der Waals surface area (Å²) in [5, 5.41) is 3.33. The van der Waals surface area contributed by atoms with Gasteiger partial charge in [-0.2, -0.15) is 0 Å². The quantitative estimate of drug-likeness (QED) is 0.550. The van der Waals surface area contributed by atoms with Gasteiger partial charge in [0.15, 0.2) is 0 Å². The SMILES string of the molecule is C#CCCNC(C)c1ccc2[nH]c(=O)[nH]c2c1. The highest BCUT2D eigenvalue weighted by atomic mass is 16.1. The van der Waals surface area contributed by atoms with Gasteiger partial charge >= 0.3 is 5.69 Å². The summed E-state index contributed by atoms with van der Waals surface area (Å²) < 4.78 is 0. The molecule has 0 radical (unpaired) electrons. The van der Waals surface area contributed by atoms with Gasteiger partial charge in [-0.3, -0.25) is 0 Å². The van der Waals surface area contributed by atoms with Crippen LogP contribution in [0.15, 0.2) is 23.0 Å². The van der Waals surface area contributed by atoms with Crippen molar-refractivity contribution in [1.29, 1.82) is 0 Å². The first kappa shape index (κ1) is 11.5. The van der Waals surface area contributed by atoms with Gasteiger partial charge in [0.05, 0.1) is 11.0 Å². The number of fused-ring (bicyclic) bond motifs is 1. The number of nitrogens with one attached hydrogen (secondary N) is 3. The van der Waals surface area contributed by atoms with Crippen LogP contribution in [0.4, 0.5) is 0 Å². The van der Waals surface area contributed by atoms with Crippen LogP contribution in [0.3, 0.4) is 0 Å². The number of aromatic amines is 2. The van der Waals surface area contributed by atoms with Gasteiger partial charge in [0, 0.05) is 19.0 Å². The van der Waals surface area contributed by atoms with Gasteiger partial charge < -0.3 is 15.3 Å². The predicted molar refractivity (Wildman–Crippen MR) is 68.8 cm³/mol. The van der Waals surface area contributed by atoms with Crippen LogP contribution >= 0.6 is 0 Å². The molecule has 0 spiro atoms. The predicted octanol–water partition coefficient (Wildman–Crippen LogP) is 1.53. The summed E-state index contributed by atoms with van der Waals surface area (Å²) in [4.78, 5) is 16.6. The molecule has 1 aromatic heterocycles. The van der Waals surface area contributed by atoms with Crippen LogP contribution < -0.4 is 11.0 Å². The zero-order chi connectivity index (χ0) is 12.3. The highest BCUT2D eigenvalue weighted by molar-refractivity contribution is 5.75. The van der Waals surface area contributed by atoms with E-state index in [1.807, 2.05) is 18.2 Å². The van der Waals surface area contributed by atoms with Crippen LogP contribution in [0.25, 0.3) is 11.0 Å². The highest BCUT2D eigenvalue weighted by Crippen LogP contribution is 2.16. The lowest BCUT2D eigenvalue weighted by Crippen LogP contribution is -2.19. The third-order valence-corrected chi connectivity index (χ3v) is 2.76. The van der Waals surface area contributed by atoms with Crippen LogP contribution in [0.2, 0.25) is 0 Å². The van der Waals surface area contributed by atoms with Crippen LogP contribution in [-0.2, 0) is 0 Å². The molecular formula is C13H15N3O. The lowest BCUT2D eigenvalue weighted by Gasteiger charge is -2.13. The largest absolute Gasteiger partial charge is 0.323 e. The molecule has 0 saturated carbocycles. The number of terminal acetylenes is 1. The van der Waals surface area contributed by atoms with E-state index in [1.54, 1.807) is 0 Å². The van der Waals surface area contributed by atoms with Crippen LogP contribution in [-0.4, -0.2) is 16.5 Å². The molecule has 1 heterocycles. The average molecular weight is 229 g/mol. The first-order valence-corrected chi connectivity index (χ1v) is 5.59. The zero-order valence-corrected chi connectivity index (χ0v) is 9.71. The van der Waals surface area contributed by atoms with E-state index in [9.17, 15) is 4.79 Å². The van der Waals surface area contributed by atoms with Crippen molar-refractivity contribution in [2.75, 3.05) is 6.54 Å². The molecule has 0 aliphatic carbocycles. The number of rotatable bonds is 4. The van der Waals surface area contributed by atoms with Crippen LogP contribution in [0, 0.1) is 12.3 Å². The summed E-state index contributed by atoms with van der Waals surface area (Å²) >= 11 is 0. The van der Waals surface area contributed by atoms with Crippen molar-refractivity contribution in [3.63, 3.8) is 0 Å². The topological polar surface area (TPSA) is 60.7 Å². The molecule has 1 aromatic carbocycles. The van der Waals surface area contributed by atoms with Crippen molar-refractivity contribution in [2.24, 2.45) is 0 Å². The van der Waals surface area contributed by atoms with Crippen LogP contribution in [0.5, 0.6) is 0 Å². The monoisotopic (exact) mass is 229 g/mol. The molecule has 0 aliphatic rings. The Labute approximate surface area is 99.4 Å². The summed E-state index contributed by atoms with van der Waals surface area (Å²) in [6.07, 6.45) is 5.91. The molecule has 17 heavy (non-hydrogen) atoms. The number of hydrogen-bond acceptors (Lipinski definition) is 2. The van der Waals surface area contributed by atoms with Gasteiger partial charge in [-0.1, -0.05) is 6.07 Å². The molecule has 1 unspecified atom stereocenters.